The van der Waals surface area contributed by atoms with Crippen LogP contribution in [0, 0.1) is 0 Å². The average molecular weight is 347 g/mol. The number of nitrogens with zero attached hydrogens (tertiary/aromatic N) is 2. The third-order valence-electron chi connectivity index (χ3n) is 3.38. The van der Waals surface area contributed by atoms with Gasteiger partial charge >= 0.3 is 0 Å². The molecule has 4 nitrogen and oxygen atoms in total. The van der Waals surface area contributed by atoms with E-state index in [1.807, 2.05) is 12.1 Å². The van der Waals surface area contributed by atoms with Crippen molar-refractivity contribution in [3.05, 3.63) is 24.3 Å². The topological polar surface area (TPSA) is 40.6 Å². The van der Waals surface area contributed by atoms with E-state index in [1.165, 1.54) is 6.26 Å². The van der Waals surface area contributed by atoms with Crippen molar-refractivity contribution in [3.63, 3.8) is 0 Å². The predicted octanol–water partition coefficient (Wildman–Crippen LogP) is 1.61. The minimum atomic E-state index is -3.17. The Morgan fingerprint density at radius 3 is 2.37 bits per heavy atom. The van der Waals surface area contributed by atoms with Crippen molar-refractivity contribution in [2.75, 3.05) is 49.2 Å². The van der Waals surface area contributed by atoms with Crippen LogP contribution in [0.4, 0.5) is 5.69 Å². The Balaban J connectivity index is 2.16. The van der Waals surface area contributed by atoms with Gasteiger partial charge in [0, 0.05) is 44.3 Å². The van der Waals surface area contributed by atoms with Gasteiger partial charge in [0.25, 0.3) is 0 Å². The van der Waals surface area contributed by atoms with Crippen molar-refractivity contribution in [2.45, 2.75) is 4.90 Å². The average Bonchev–Trinajstić information content (AvgIpc) is 2.39. The molecule has 0 bridgehead atoms. The molecule has 0 N–H and O–H groups in total. The molecule has 106 valence electrons. The molecule has 0 aromatic heterocycles. The van der Waals surface area contributed by atoms with Gasteiger partial charge < -0.3 is 4.90 Å². The maximum atomic E-state index is 11.8. The second kappa shape index (κ2) is 6.24. The molecule has 0 unspecified atom stereocenters. The minimum Gasteiger partial charge on any atom is -0.368 e. The molecular formula is C13H19BrN2O2S. The number of hydrogen-bond acceptors (Lipinski definition) is 4. The molecular weight excluding hydrogens is 328 g/mol. The summed E-state index contributed by atoms with van der Waals surface area (Å²) >= 11 is 3.45. The van der Waals surface area contributed by atoms with Gasteiger partial charge in [-0.25, -0.2) is 8.42 Å². The van der Waals surface area contributed by atoms with E-state index < -0.39 is 9.84 Å². The minimum absolute atomic E-state index is 0.434. The Morgan fingerprint density at radius 2 is 1.79 bits per heavy atom. The molecule has 1 aromatic carbocycles. The number of benzene rings is 1. The van der Waals surface area contributed by atoms with Gasteiger partial charge in [0.15, 0.2) is 9.84 Å². The molecule has 19 heavy (non-hydrogen) atoms. The molecule has 1 heterocycles. The number of piperazine rings is 1. The number of sulfone groups is 1. The summed E-state index contributed by atoms with van der Waals surface area (Å²) in [5, 5.41) is 0.979. The Bertz CT molecular complexity index is 525. The highest BCUT2D eigenvalue weighted by Gasteiger charge is 2.21. The van der Waals surface area contributed by atoms with Crippen molar-refractivity contribution in [2.24, 2.45) is 0 Å². The zero-order valence-corrected chi connectivity index (χ0v) is 13.5. The first kappa shape index (κ1) is 14.8. The summed E-state index contributed by atoms with van der Waals surface area (Å²) in [4.78, 5) is 4.99. The molecule has 2 rings (SSSR count). The lowest BCUT2D eigenvalue weighted by Crippen LogP contribution is -2.47. The van der Waals surface area contributed by atoms with E-state index >= 15 is 0 Å². The zero-order valence-electron chi connectivity index (χ0n) is 11.0. The van der Waals surface area contributed by atoms with Gasteiger partial charge in [-0.1, -0.05) is 28.1 Å². The lowest BCUT2D eigenvalue weighted by molar-refractivity contribution is 0.273. The maximum Gasteiger partial charge on any atom is 0.177 e. The fraction of sp³-hybridized carbons (Fsp3) is 0.538. The lowest BCUT2D eigenvalue weighted by Gasteiger charge is -2.36. The summed E-state index contributed by atoms with van der Waals surface area (Å²) in [5.41, 5.74) is 0.837. The SMILES string of the molecule is CS(=O)(=O)c1ccccc1N1CCN(CCBr)CC1. The third kappa shape index (κ3) is 3.70. The van der Waals surface area contributed by atoms with Crippen LogP contribution in [0.15, 0.2) is 29.2 Å². The van der Waals surface area contributed by atoms with Gasteiger partial charge in [-0.3, -0.25) is 4.90 Å². The van der Waals surface area contributed by atoms with Gasteiger partial charge in [-0.15, -0.1) is 0 Å². The van der Waals surface area contributed by atoms with Crippen molar-refractivity contribution in [1.82, 2.24) is 4.90 Å². The van der Waals surface area contributed by atoms with E-state index in [2.05, 4.69) is 25.7 Å². The molecule has 1 saturated heterocycles. The van der Waals surface area contributed by atoms with Crippen LogP contribution in [0.2, 0.25) is 0 Å². The quantitative estimate of drug-likeness (QED) is 0.776. The number of alkyl halides is 1. The summed E-state index contributed by atoms with van der Waals surface area (Å²) in [7, 11) is -3.17. The Hall–Kier alpha value is -0.590. The highest BCUT2D eigenvalue weighted by atomic mass is 79.9. The van der Waals surface area contributed by atoms with Gasteiger partial charge in [0.1, 0.15) is 0 Å². The molecule has 1 aromatic rings. The van der Waals surface area contributed by atoms with Crippen molar-refractivity contribution < 1.29 is 8.42 Å². The van der Waals surface area contributed by atoms with Gasteiger partial charge in [-0.2, -0.15) is 0 Å². The molecule has 0 aliphatic carbocycles. The Labute approximate surface area is 123 Å². The van der Waals surface area contributed by atoms with Crippen molar-refractivity contribution in [1.29, 1.82) is 0 Å². The molecule has 1 aliphatic heterocycles. The molecule has 1 aliphatic rings. The molecule has 0 spiro atoms. The van der Waals surface area contributed by atoms with Crippen molar-refractivity contribution >= 4 is 31.5 Å². The van der Waals surface area contributed by atoms with Gasteiger partial charge in [-0.05, 0) is 12.1 Å². The second-order valence-corrected chi connectivity index (χ2v) is 7.53. The lowest BCUT2D eigenvalue weighted by atomic mass is 10.2. The van der Waals surface area contributed by atoms with Crippen LogP contribution >= 0.6 is 15.9 Å². The summed E-state index contributed by atoms with van der Waals surface area (Å²) in [5.74, 6) is 0. The summed E-state index contributed by atoms with van der Waals surface area (Å²) in [6, 6.07) is 7.27. The maximum absolute atomic E-state index is 11.8. The van der Waals surface area contributed by atoms with Crippen LogP contribution in [0.1, 0.15) is 0 Å². The van der Waals surface area contributed by atoms with Gasteiger partial charge in [0.2, 0.25) is 0 Å². The van der Waals surface area contributed by atoms with Crippen LogP contribution in [0.25, 0.3) is 0 Å². The van der Waals surface area contributed by atoms with Crippen LogP contribution < -0.4 is 4.90 Å². The monoisotopic (exact) mass is 346 g/mol. The number of rotatable bonds is 4. The molecule has 6 heteroatoms. The number of anilines is 1. The summed E-state index contributed by atoms with van der Waals surface area (Å²) in [6.07, 6.45) is 1.27. The highest BCUT2D eigenvalue weighted by molar-refractivity contribution is 9.09. The van der Waals surface area contributed by atoms with E-state index in [0.29, 0.717) is 4.90 Å². The van der Waals surface area contributed by atoms with E-state index in [9.17, 15) is 8.42 Å². The molecule has 0 saturated carbocycles. The van der Waals surface area contributed by atoms with E-state index in [0.717, 1.165) is 43.7 Å². The number of hydrogen-bond donors (Lipinski definition) is 0. The van der Waals surface area contributed by atoms with Crippen LogP contribution in [-0.2, 0) is 9.84 Å². The summed E-state index contributed by atoms with van der Waals surface area (Å²) in [6.45, 7) is 4.74. The molecule has 0 radical (unpaired) electrons. The largest absolute Gasteiger partial charge is 0.368 e. The van der Waals surface area contributed by atoms with Gasteiger partial charge in [0.05, 0.1) is 10.6 Å². The first-order valence-electron chi connectivity index (χ1n) is 6.35. The summed E-state index contributed by atoms with van der Waals surface area (Å²) < 4.78 is 23.6. The van der Waals surface area contributed by atoms with Crippen LogP contribution in [0.5, 0.6) is 0 Å². The first-order valence-corrected chi connectivity index (χ1v) is 9.36. The smallest absolute Gasteiger partial charge is 0.177 e. The van der Waals surface area contributed by atoms with E-state index in [-0.39, 0.29) is 0 Å². The second-order valence-electron chi connectivity index (χ2n) is 4.76. The fourth-order valence-corrected chi connectivity index (χ4v) is 3.77. The molecule has 1 fully saturated rings. The third-order valence-corrected chi connectivity index (χ3v) is 4.88. The standard InChI is InChI=1S/C13H19BrN2O2S/c1-19(17,18)13-5-3-2-4-12(13)16-10-8-15(7-6-14)9-11-16/h2-5H,6-11H2,1H3. The fourth-order valence-electron chi connectivity index (χ4n) is 2.36. The zero-order chi connectivity index (χ0) is 13.9. The normalized spacial score (nSPS) is 17.7. The Morgan fingerprint density at radius 1 is 1.16 bits per heavy atom. The molecule has 0 atom stereocenters. The Kier molecular flexibility index (Phi) is 4.86. The van der Waals surface area contributed by atoms with Crippen LogP contribution in [0.3, 0.4) is 0 Å². The van der Waals surface area contributed by atoms with E-state index in [4.69, 9.17) is 0 Å². The first-order chi connectivity index (χ1) is 9.02. The van der Waals surface area contributed by atoms with Crippen molar-refractivity contribution in [3.8, 4) is 0 Å². The number of para-hydroxylation sites is 1. The highest BCUT2D eigenvalue weighted by Crippen LogP contribution is 2.25. The van der Waals surface area contributed by atoms with Crippen LogP contribution in [-0.4, -0.2) is 57.6 Å². The predicted molar refractivity (Wildman–Crippen MR) is 82.0 cm³/mol. The number of halogens is 1. The molecule has 0 amide bonds. The van der Waals surface area contributed by atoms with E-state index in [1.54, 1.807) is 12.1 Å².